The van der Waals surface area contributed by atoms with Crippen LogP contribution in [0.1, 0.15) is 48.8 Å². The summed E-state index contributed by atoms with van der Waals surface area (Å²) in [7, 11) is 0. The van der Waals surface area contributed by atoms with E-state index in [1.807, 2.05) is 83.1 Å². The van der Waals surface area contributed by atoms with Crippen molar-refractivity contribution in [3.8, 4) is 11.4 Å². The maximum atomic E-state index is 13.4. The molecule has 0 saturated carbocycles. The van der Waals surface area contributed by atoms with Crippen LogP contribution in [-0.4, -0.2) is 32.1 Å². The lowest BCUT2D eigenvalue weighted by atomic mass is 10.1. The van der Waals surface area contributed by atoms with Crippen LogP contribution in [0, 0.1) is 20.8 Å². The number of aryl methyl sites for hydroxylation is 3. The van der Waals surface area contributed by atoms with Crippen molar-refractivity contribution in [2.45, 2.75) is 53.6 Å². The molecular formula is C27H31N5O3. The molecule has 4 aromatic rings. The molecule has 8 heteroatoms. The highest BCUT2D eigenvalue weighted by atomic mass is 16.5. The molecule has 0 aliphatic heterocycles. The zero-order valence-corrected chi connectivity index (χ0v) is 20.8. The van der Waals surface area contributed by atoms with Gasteiger partial charge in [0, 0.05) is 6.54 Å². The van der Waals surface area contributed by atoms with E-state index >= 15 is 0 Å². The van der Waals surface area contributed by atoms with Crippen molar-refractivity contribution in [1.82, 2.24) is 24.9 Å². The van der Waals surface area contributed by atoms with Crippen LogP contribution >= 0.6 is 0 Å². The Kier molecular flexibility index (Phi) is 7.00. The Bertz CT molecular complexity index is 1400. The van der Waals surface area contributed by atoms with Crippen LogP contribution in [0.3, 0.4) is 0 Å². The molecule has 182 valence electrons. The van der Waals surface area contributed by atoms with Crippen LogP contribution in [0.25, 0.3) is 16.6 Å². The Morgan fingerprint density at radius 1 is 1.00 bits per heavy atom. The van der Waals surface area contributed by atoms with E-state index in [1.165, 1.54) is 4.68 Å². The zero-order valence-electron chi connectivity index (χ0n) is 20.8. The van der Waals surface area contributed by atoms with Gasteiger partial charge >= 0.3 is 0 Å². The third kappa shape index (κ3) is 4.82. The predicted octanol–water partition coefficient (Wildman–Crippen LogP) is 4.17. The highest BCUT2D eigenvalue weighted by Gasteiger charge is 2.25. The van der Waals surface area contributed by atoms with E-state index in [0.717, 1.165) is 33.6 Å². The number of amides is 1. The first kappa shape index (κ1) is 24.2. The summed E-state index contributed by atoms with van der Waals surface area (Å²) in [4.78, 5) is 26.5. The van der Waals surface area contributed by atoms with Crippen molar-refractivity contribution in [3.05, 3.63) is 81.4 Å². The van der Waals surface area contributed by atoms with Crippen LogP contribution < -0.4 is 15.6 Å². The van der Waals surface area contributed by atoms with E-state index in [-0.39, 0.29) is 11.5 Å². The third-order valence-corrected chi connectivity index (χ3v) is 6.11. The van der Waals surface area contributed by atoms with Crippen LogP contribution in [0.4, 0.5) is 0 Å². The largest absolute Gasteiger partial charge is 0.494 e. The average molecular weight is 474 g/mol. The molecule has 0 radical (unpaired) electrons. The molecule has 1 N–H and O–H groups in total. The SMILES string of the molecule is CCOc1ccc(CNC(=O)[C@H](CC)n2nc(C)c3c(C)n(-c4ccc(C)cc4)nc3c2=O)cc1. The van der Waals surface area contributed by atoms with Crippen molar-refractivity contribution in [1.29, 1.82) is 0 Å². The van der Waals surface area contributed by atoms with Crippen LogP contribution in [0.2, 0.25) is 0 Å². The van der Waals surface area contributed by atoms with Gasteiger partial charge in [0.25, 0.3) is 5.56 Å². The van der Waals surface area contributed by atoms with Gasteiger partial charge in [-0.1, -0.05) is 36.8 Å². The second-order valence-electron chi connectivity index (χ2n) is 8.61. The minimum Gasteiger partial charge on any atom is -0.494 e. The van der Waals surface area contributed by atoms with Gasteiger partial charge in [-0.15, -0.1) is 0 Å². The lowest BCUT2D eigenvalue weighted by Crippen LogP contribution is -2.38. The summed E-state index contributed by atoms with van der Waals surface area (Å²) in [5.41, 5.74) is 4.39. The van der Waals surface area contributed by atoms with E-state index in [9.17, 15) is 9.59 Å². The summed E-state index contributed by atoms with van der Waals surface area (Å²) in [5, 5.41) is 12.8. The first-order valence-electron chi connectivity index (χ1n) is 11.9. The fraction of sp³-hybridized carbons (Fsp3) is 0.333. The number of hydrogen-bond acceptors (Lipinski definition) is 5. The van der Waals surface area contributed by atoms with Gasteiger partial charge in [-0.3, -0.25) is 9.59 Å². The van der Waals surface area contributed by atoms with Gasteiger partial charge in [0.15, 0.2) is 5.52 Å². The molecule has 0 fully saturated rings. The van der Waals surface area contributed by atoms with Gasteiger partial charge < -0.3 is 10.1 Å². The van der Waals surface area contributed by atoms with Gasteiger partial charge in [0.05, 0.1) is 29.1 Å². The smallest absolute Gasteiger partial charge is 0.295 e. The van der Waals surface area contributed by atoms with Gasteiger partial charge in [-0.2, -0.15) is 10.2 Å². The third-order valence-electron chi connectivity index (χ3n) is 6.11. The topological polar surface area (TPSA) is 91.0 Å². The van der Waals surface area contributed by atoms with Gasteiger partial charge in [-0.25, -0.2) is 9.36 Å². The van der Waals surface area contributed by atoms with Crippen LogP contribution in [-0.2, 0) is 11.3 Å². The average Bonchev–Trinajstić information content (AvgIpc) is 3.21. The predicted molar refractivity (Wildman–Crippen MR) is 136 cm³/mol. The molecule has 0 aliphatic rings. The maximum Gasteiger partial charge on any atom is 0.295 e. The summed E-state index contributed by atoms with van der Waals surface area (Å²) < 4.78 is 8.50. The Balaban J connectivity index is 1.63. The number of nitrogens with one attached hydrogen (secondary N) is 1. The number of nitrogens with zero attached hydrogens (tertiary/aromatic N) is 4. The minimum absolute atomic E-state index is 0.260. The summed E-state index contributed by atoms with van der Waals surface area (Å²) in [5.74, 6) is 0.526. The molecule has 1 amide bonds. The number of ether oxygens (including phenoxy) is 1. The molecule has 0 saturated heterocycles. The highest BCUT2D eigenvalue weighted by Crippen LogP contribution is 2.22. The molecular weight excluding hydrogens is 442 g/mol. The fourth-order valence-corrected chi connectivity index (χ4v) is 4.25. The van der Waals surface area contributed by atoms with Crippen molar-refractivity contribution >= 4 is 16.8 Å². The summed E-state index contributed by atoms with van der Waals surface area (Å²) in [6.45, 7) is 10.5. The molecule has 35 heavy (non-hydrogen) atoms. The maximum absolute atomic E-state index is 13.4. The molecule has 0 aliphatic carbocycles. The number of carbonyl (C=O) groups is 1. The quantitative estimate of drug-likeness (QED) is 0.415. The van der Waals surface area contributed by atoms with Crippen LogP contribution in [0.5, 0.6) is 5.75 Å². The van der Waals surface area contributed by atoms with Gasteiger partial charge in [-0.05, 0) is 63.9 Å². The highest BCUT2D eigenvalue weighted by molar-refractivity contribution is 5.84. The summed E-state index contributed by atoms with van der Waals surface area (Å²) in [6.07, 6.45) is 0.421. The lowest BCUT2D eigenvalue weighted by Gasteiger charge is -2.17. The second-order valence-corrected chi connectivity index (χ2v) is 8.61. The normalized spacial score (nSPS) is 12.0. The minimum atomic E-state index is -0.738. The first-order valence-corrected chi connectivity index (χ1v) is 11.9. The first-order chi connectivity index (χ1) is 16.8. The molecule has 1 atom stereocenters. The monoisotopic (exact) mass is 473 g/mol. The van der Waals surface area contributed by atoms with E-state index < -0.39 is 6.04 Å². The lowest BCUT2D eigenvalue weighted by molar-refractivity contribution is -0.125. The molecule has 4 rings (SSSR count). The van der Waals surface area contributed by atoms with Gasteiger partial charge in [0.1, 0.15) is 11.8 Å². The number of carbonyl (C=O) groups excluding carboxylic acids is 1. The number of hydrogen-bond donors (Lipinski definition) is 1. The van der Waals surface area contributed by atoms with Crippen LogP contribution in [0.15, 0.2) is 53.3 Å². The van der Waals surface area contributed by atoms with E-state index in [1.54, 1.807) is 4.68 Å². The number of benzene rings is 2. The number of rotatable bonds is 8. The Labute approximate surface area is 204 Å². The van der Waals surface area contributed by atoms with Crippen molar-refractivity contribution in [2.24, 2.45) is 0 Å². The number of aromatic nitrogens is 4. The Morgan fingerprint density at radius 2 is 1.69 bits per heavy atom. The molecule has 2 aromatic carbocycles. The van der Waals surface area contributed by atoms with Gasteiger partial charge in [0.2, 0.25) is 5.91 Å². The summed E-state index contributed by atoms with van der Waals surface area (Å²) >= 11 is 0. The zero-order chi connectivity index (χ0) is 25.1. The van der Waals surface area contributed by atoms with Crippen molar-refractivity contribution in [3.63, 3.8) is 0 Å². The number of fused-ring (bicyclic) bond motifs is 1. The Morgan fingerprint density at radius 3 is 2.31 bits per heavy atom. The Hall–Kier alpha value is -3.94. The van der Waals surface area contributed by atoms with Crippen molar-refractivity contribution in [2.75, 3.05) is 6.61 Å². The van der Waals surface area contributed by atoms with E-state index in [2.05, 4.69) is 15.5 Å². The molecule has 0 unspecified atom stereocenters. The second kappa shape index (κ2) is 10.1. The van der Waals surface area contributed by atoms with Crippen molar-refractivity contribution < 1.29 is 9.53 Å². The molecule has 0 bridgehead atoms. The molecule has 2 aromatic heterocycles. The fourth-order valence-electron chi connectivity index (χ4n) is 4.25. The molecule has 0 spiro atoms. The molecule has 8 nitrogen and oxygen atoms in total. The van der Waals surface area contributed by atoms with E-state index in [4.69, 9.17) is 4.74 Å². The van der Waals surface area contributed by atoms with E-state index in [0.29, 0.717) is 30.8 Å². The standard InChI is InChI=1S/C27H31N5O3/c1-6-23(26(33)28-16-20-10-14-22(15-11-20)35-7-2)32-27(34)25-24(18(4)29-32)19(5)31(30-25)21-12-8-17(3)9-13-21/h8-15,23H,6-7,16H2,1-5H3,(H,28,33)/t23-/m0/s1. The molecule has 2 heterocycles. The summed E-state index contributed by atoms with van der Waals surface area (Å²) in [6, 6.07) is 14.8.